The minimum absolute atomic E-state index is 0.0214. The molecule has 0 bridgehead atoms. The second-order valence-electron chi connectivity index (χ2n) is 15.8. The van der Waals surface area contributed by atoms with Crippen LogP contribution in [0.15, 0.2) is 146 Å². The smallest absolute Gasteiger partial charge is 0.164 e. The zero-order valence-electron chi connectivity index (χ0n) is 30.6. The van der Waals surface area contributed by atoms with Crippen LogP contribution in [0.3, 0.4) is 0 Å². The maximum absolute atomic E-state index is 5.23. The van der Waals surface area contributed by atoms with Crippen LogP contribution in [0.4, 0.5) is 0 Å². The molecule has 1 aliphatic rings. The van der Waals surface area contributed by atoms with Crippen LogP contribution in [0.25, 0.3) is 72.8 Å². The number of rotatable bonds is 5. The Morgan fingerprint density at radius 1 is 0.385 bits per heavy atom. The highest BCUT2D eigenvalue weighted by Gasteiger charge is 2.56. The van der Waals surface area contributed by atoms with Crippen molar-refractivity contribution in [3.63, 3.8) is 0 Å². The van der Waals surface area contributed by atoms with Crippen LogP contribution in [0.5, 0.6) is 0 Å². The molecule has 0 amide bonds. The van der Waals surface area contributed by atoms with Crippen molar-refractivity contribution in [3.05, 3.63) is 157 Å². The molecule has 9 rings (SSSR count). The van der Waals surface area contributed by atoms with Gasteiger partial charge in [-0.1, -0.05) is 157 Å². The lowest BCUT2D eigenvalue weighted by atomic mass is 9.59. The first-order valence-electron chi connectivity index (χ1n) is 18.2. The Balaban J connectivity index is 1.22. The van der Waals surface area contributed by atoms with E-state index in [1.807, 2.05) is 6.07 Å². The minimum Gasteiger partial charge on any atom is -0.309 e. The van der Waals surface area contributed by atoms with Crippen LogP contribution >= 0.6 is 0 Å². The molecule has 0 saturated carbocycles. The number of hydrogen-bond acceptors (Lipinski definition) is 3. The first kappa shape index (κ1) is 32.1. The normalized spacial score (nSPS) is 15.6. The van der Waals surface area contributed by atoms with Gasteiger partial charge in [-0.15, -0.1) is 0 Å². The summed E-state index contributed by atoms with van der Waals surface area (Å²) in [6.45, 7) is 14.3. The maximum Gasteiger partial charge on any atom is 0.164 e. The van der Waals surface area contributed by atoms with Gasteiger partial charge in [0.25, 0.3) is 0 Å². The summed E-state index contributed by atoms with van der Waals surface area (Å²) in [4.78, 5) is 15.6. The van der Waals surface area contributed by atoms with Gasteiger partial charge >= 0.3 is 0 Å². The fraction of sp³-hybridized carbons (Fsp3) is 0.188. The second kappa shape index (κ2) is 11.6. The Kier molecular flexibility index (Phi) is 7.14. The van der Waals surface area contributed by atoms with Gasteiger partial charge in [0.2, 0.25) is 0 Å². The van der Waals surface area contributed by atoms with E-state index < -0.39 is 0 Å². The van der Waals surface area contributed by atoms with Gasteiger partial charge in [0.05, 0.1) is 11.0 Å². The highest BCUT2D eigenvalue weighted by Crippen LogP contribution is 2.61. The van der Waals surface area contributed by atoms with Gasteiger partial charge in [-0.05, 0) is 68.8 Å². The molecule has 0 radical (unpaired) electrons. The standard InChI is InChI=1S/C48H42N4/c1-46(2)39-28-27-35(30-40(39)47(3,4)48(46,5)6)45-50-43(33-25-23-32(24-26-33)31-15-8-7-9-16-31)49-44(51-45)34-17-14-18-36(29-34)52-41-21-12-10-19-37(41)38-20-11-13-22-42(38)52/h7-30H,1-6H3. The van der Waals surface area contributed by atoms with Crippen molar-refractivity contribution in [1.29, 1.82) is 0 Å². The lowest BCUT2D eigenvalue weighted by molar-refractivity contribution is 0.125. The molecule has 0 fully saturated rings. The molecule has 2 aromatic heterocycles. The van der Waals surface area contributed by atoms with E-state index in [2.05, 4.69) is 186 Å². The highest BCUT2D eigenvalue weighted by molar-refractivity contribution is 6.09. The third kappa shape index (κ3) is 4.77. The van der Waals surface area contributed by atoms with Gasteiger partial charge in [0, 0.05) is 33.2 Å². The van der Waals surface area contributed by atoms with E-state index in [1.54, 1.807) is 0 Å². The van der Waals surface area contributed by atoms with Gasteiger partial charge in [-0.25, -0.2) is 15.0 Å². The number of nitrogens with zero attached hydrogens (tertiary/aromatic N) is 4. The Bertz CT molecular complexity index is 2590. The number of fused-ring (bicyclic) bond motifs is 4. The van der Waals surface area contributed by atoms with Crippen molar-refractivity contribution in [2.24, 2.45) is 5.41 Å². The van der Waals surface area contributed by atoms with Crippen LogP contribution in [0.1, 0.15) is 52.7 Å². The molecule has 1 aliphatic carbocycles. The molecule has 0 atom stereocenters. The average Bonchev–Trinajstić information content (AvgIpc) is 3.56. The third-order valence-electron chi connectivity index (χ3n) is 12.6. The fourth-order valence-corrected chi connectivity index (χ4v) is 8.39. The summed E-state index contributed by atoms with van der Waals surface area (Å²) in [5.74, 6) is 1.98. The molecule has 4 nitrogen and oxygen atoms in total. The Hall–Kier alpha value is -5.87. The van der Waals surface area contributed by atoms with Gasteiger partial charge < -0.3 is 4.57 Å². The first-order valence-corrected chi connectivity index (χ1v) is 18.2. The summed E-state index contributed by atoms with van der Waals surface area (Å²) in [5.41, 5.74) is 11.4. The predicted octanol–water partition coefficient (Wildman–Crippen LogP) is 12.2. The molecule has 52 heavy (non-hydrogen) atoms. The highest BCUT2D eigenvalue weighted by atomic mass is 15.0. The summed E-state index contributed by atoms with van der Waals surface area (Å²) in [6.07, 6.45) is 0. The van der Waals surface area contributed by atoms with Crippen LogP contribution in [-0.2, 0) is 10.8 Å². The molecular weight excluding hydrogens is 633 g/mol. The zero-order valence-corrected chi connectivity index (χ0v) is 30.6. The number of para-hydroxylation sites is 2. The minimum atomic E-state index is -0.0373. The second-order valence-corrected chi connectivity index (χ2v) is 15.8. The van der Waals surface area contributed by atoms with Gasteiger partial charge in [-0.3, -0.25) is 0 Å². The average molecular weight is 675 g/mol. The summed E-state index contributed by atoms with van der Waals surface area (Å²) in [6, 6.07) is 51.6. The predicted molar refractivity (Wildman–Crippen MR) is 216 cm³/mol. The molecule has 254 valence electrons. The zero-order chi connectivity index (χ0) is 35.8. The summed E-state index contributed by atoms with van der Waals surface area (Å²) < 4.78 is 2.34. The Labute approximate surface area is 305 Å². The molecule has 2 heterocycles. The molecule has 0 saturated heterocycles. The van der Waals surface area contributed by atoms with E-state index in [1.165, 1.54) is 38.5 Å². The molecule has 4 heteroatoms. The van der Waals surface area contributed by atoms with Gasteiger partial charge in [0.1, 0.15) is 0 Å². The van der Waals surface area contributed by atoms with Gasteiger partial charge in [-0.2, -0.15) is 0 Å². The number of benzene rings is 6. The molecular formula is C48H42N4. The summed E-state index contributed by atoms with van der Waals surface area (Å²) in [5, 5.41) is 2.47. The topological polar surface area (TPSA) is 43.6 Å². The fourth-order valence-electron chi connectivity index (χ4n) is 8.39. The number of hydrogen-bond donors (Lipinski definition) is 0. The van der Waals surface area contributed by atoms with E-state index in [0.29, 0.717) is 17.5 Å². The largest absolute Gasteiger partial charge is 0.309 e. The first-order chi connectivity index (χ1) is 25.0. The van der Waals surface area contributed by atoms with Crippen molar-refractivity contribution in [1.82, 2.24) is 19.5 Å². The number of aromatic nitrogens is 4. The van der Waals surface area contributed by atoms with Crippen molar-refractivity contribution in [2.75, 3.05) is 0 Å². The molecule has 8 aromatic rings. The lowest BCUT2D eigenvalue weighted by Gasteiger charge is -2.44. The van der Waals surface area contributed by atoms with Crippen molar-refractivity contribution >= 4 is 21.8 Å². The Morgan fingerprint density at radius 2 is 0.846 bits per heavy atom. The molecule has 0 N–H and O–H groups in total. The monoisotopic (exact) mass is 674 g/mol. The van der Waals surface area contributed by atoms with Gasteiger partial charge in [0.15, 0.2) is 17.5 Å². The van der Waals surface area contributed by atoms with Crippen molar-refractivity contribution < 1.29 is 0 Å². The van der Waals surface area contributed by atoms with E-state index in [-0.39, 0.29) is 16.2 Å². The van der Waals surface area contributed by atoms with Crippen LogP contribution < -0.4 is 0 Å². The molecule has 6 aromatic carbocycles. The lowest BCUT2D eigenvalue weighted by Crippen LogP contribution is -2.42. The quantitative estimate of drug-likeness (QED) is 0.182. The van der Waals surface area contributed by atoms with Crippen LogP contribution in [0.2, 0.25) is 0 Å². The molecule has 0 unspecified atom stereocenters. The van der Waals surface area contributed by atoms with E-state index in [9.17, 15) is 0 Å². The van der Waals surface area contributed by atoms with Crippen LogP contribution in [0, 0.1) is 5.41 Å². The summed E-state index contributed by atoms with van der Waals surface area (Å²) in [7, 11) is 0. The third-order valence-corrected chi connectivity index (χ3v) is 12.6. The van der Waals surface area contributed by atoms with Crippen molar-refractivity contribution in [2.45, 2.75) is 52.4 Å². The summed E-state index contributed by atoms with van der Waals surface area (Å²) >= 11 is 0. The SMILES string of the molecule is CC1(C)c2ccc(-c3nc(-c4ccc(-c5ccccc5)cc4)nc(-c4cccc(-n5c6ccccc6c6ccccc65)c4)n3)cc2C(C)(C)C1(C)C. The molecule has 0 aliphatic heterocycles. The molecule has 0 spiro atoms. The van der Waals surface area contributed by atoms with E-state index in [0.717, 1.165) is 27.9 Å². The van der Waals surface area contributed by atoms with Crippen molar-refractivity contribution in [3.8, 4) is 51.0 Å². The Morgan fingerprint density at radius 3 is 1.48 bits per heavy atom. The maximum atomic E-state index is 5.23. The van der Waals surface area contributed by atoms with E-state index in [4.69, 9.17) is 15.0 Å². The van der Waals surface area contributed by atoms with Crippen LogP contribution in [-0.4, -0.2) is 19.5 Å². The van der Waals surface area contributed by atoms with E-state index >= 15 is 0 Å².